The van der Waals surface area contributed by atoms with E-state index in [1.54, 1.807) is 25.3 Å². The molecule has 0 radical (unpaired) electrons. The van der Waals surface area contributed by atoms with Crippen LogP contribution in [0.5, 0.6) is 17.4 Å². The molecule has 2 unspecified atom stereocenters. The van der Waals surface area contributed by atoms with E-state index in [1.807, 2.05) is 82.3 Å². The summed E-state index contributed by atoms with van der Waals surface area (Å²) in [5.41, 5.74) is 3.34. The van der Waals surface area contributed by atoms with Crippen LogP contribution in [0.1, 0.15) is 63.2 Å². The molecule has 1 aliphatic heterocycles. The fraction of sp³-hybridized carbons (Fsp3) is 0.395. The average molecular weight is 794 g/mol. The zero-order valence-corrected chi connectivity index (χ0v) is 34.6. The van der Waals surface area contributed by atoms with Crippen molar-refractivity contribution in [3.8, 4) is 28.8 Å². The molecule has 1 saturated heterocycles. The Morgan fingerprint density at radius 2 is 1.53 bits per heavy atom. The molecule has 1 N–H and O–H groups in total. The first-order chi connectivity index (χ1) is 27.7. The number of rotatable bonds is 13. The average Bonchev–Trinajstić information content (AvgIpc) is 3.20. The lowest BCUT2D eigenvalue weighted by Gasteiger charge is -2.43. The van der Waals surface area contributed by atoms with Crippen LogP contribution < -0.4 is 24.4 Å². The molecule has 2 aromatic carbocycles. The Hall–Kier alpha value is -6.09. The summed E-state index contributed by atoms with van der Waals surface area (Å²) in [5.74, 6) is 2.53. The molecule has 58 heavy (non-hydrogen) atoms. The zero-order valence-electron chi connectivity index (χ0n) is 34.6. The Morgan fingerprint density at radius 3 is 2.09 bits per heavy atom. The number of nitrogens with one attached hydrogen (secondary N) is 1. The summed E-state index contributed by atoms with van der Waals surface area (Å²) in [4.78, 5) is 42.8. The van der Waals surface area contributed by atoms with Crippen LogP contribution in [-0.4, -0.2) is 93.4 Å². The smallest absolute Gasteiger partial charge is 0.410 e. The molecule has 2 atom stereocenters. The molecule has 0 saturated carbocycles. The monoisotopic (exact) mass is 793 g/mol. The number of methoxy groups -OCH3 is 3. The van der Waals surface area contributed by atoms with Gasteiger partial charge in [0.15, 0.2) is 11.6 Å². The molecular formula is C43H52FN9O5. The van der Waals surface area contributed by atoms with Crippen molar-refractivity contribution in [2.45, 2.75) is 72.3 Å². The molecule has 1 fully saturated rings. The number of hydrogen-bond donors (Lipinski definition) is 1. The predicted molar refractivity (Wildman–Crippen MR) is 220 cm³/mol. The molecule has 1 aliphatic rings. The zero-order chi connectivity index (χ0) is 41.6. The molecule has 4 heterocycles. The summed E-state index contributed by atoms with van der Waals surface area (Å²) in [6, 6.07) is 19.0. The first-order valence-corrected chi connectivity index (χ1v) is 19.2. The number of piperazine rings is 1. The van der Waals surface area contributed by atoms with E-state index in [9.17, 15) is 9.18 Å². The van der Waals surface area contributed by atoms with Crippen LogP contribution in [0.15, 0.2) is 73.1 Å². The van der Waals surface area contributed by atoms with E-state index in [-0.39, 0.29) is 24.1 Å². The first kappa shape index (κ1) is 41.5. The summed E-state index contributed by atoms with van der Waals surface area (Å²) >= 11 is 0. The molecule has 15 heteroatoms. The highest BCUT2D eigenvalue weighted by Crippen LogP contribution is 2.34. The van der Waals surface area contributed by atoms with Crippen LogP contribution in [0.3, 0.4) is 0 Å². The number of aryl methyl sites for hydroxylation is 1. The van der Waals surface area contributed by atoms with Gasteiger partial charge < -0.3 is 34.1 Å². The van der Waals surface area contributed by atoms with Gasteiger partial charge in [-0.15, -0.1) is 0 Å². The van der Waals surface area contributed by atoms with Crippen molar-refractivity contribution >= 4 is 23.5 Å². The Balaban J connectivity index is 1.38. The summed E-state index contributed by atoms with van der Waals surface area (Å²) in [5, 5.41) is 3.25. The van der Waals surface area contributed by atoms with Crippen molar-refractivity contribution in [2.24, 2.45) is 0 Å². The fourth-order valence-corrected chi connectivity index (χ4v) is 6.82. The van der Waals surface area contributed by atoms with E-state index in [0.29, 0.717) is 67.4 Å². The largest absolute Gasteiger partial charge is 0.497 e. The Bertz CT molecular complexity index is 2130. The van der Waals surface area contributed by atoms with E-state index in [0.717, 1.165) is 28.2 Å². The molecule has 5 aromatic rings. The van der Waals surface area contributed by atoms with E-state index in [4.69, 9.17) is 38.9 Å². The van der Waals surface area contributed by atoms with Gasteiger partial charge in [-0.2, -0.15) is 9.97 Å². The van der Waals surface area contributed by atoms with Crippen molar-refractivity contribution < 1.29 is 28.1 Å². The van der Waals surface area contributed by atoms with E-state index < -0.39 is 11.4 Å². The first-order valence-electron chi connectivity index (χ1n) is 19.2. The quantitative estimate of drug-likeness (QED) is 0.124. The van der Waals surface area contributed by atoms with Gasteiger partial charge in [0.05, 0.1) is 38.8 Å². The summed E-state index contributed by atoms with van der Waals surface area (Å²) in [6.07, 6.45) is 2.96. The lowest BCUT2D eigenvalue weighted by Crippen LogP contribution is -2.54. The van der Waals surface area contributed by atoms with Crippen LogP contribution in [0.25, 0.3) is 11.4 Å². The number of hydrogen-bond acceptors (Lipinski definition) is 13. The van der Waals surface area contributed by atoms with Gasteiger partial charge in [0, 0.05) is 57.1 Å². The molecule has 14 nitrogen and oxygen atoms in total. The highest BCUT2D eigenvalue weighted by Gasteiger charge is 2.33. The third kappa shape index (κ3) is 10.3. The normalized spacial score (nSPS) is 15.1. The summed E-state index contributed by atoms with van der Waals surface area (Å²) in [7, 11) is 4.65. The van der Waals surface area contributed by atoms with Crippen LogP contribution in [0.2, 0.25) is 0 Å². The molecular weight excluding hydrogens is 742 g/mol. The van der Waals surface area contributed by atoms with Crippen LogP contribution in [0, 0.1) is 12.7 Å². The molecule has 0 aliphatic carbocycles. The number of ether oxygens (including phenoxy) is 4. The molecule has 1 amide bonds. The van der Waals surface area contributed by atoms with Crippen LogP contribution in [0.4, 0.5) is 26.6 Å². The van der Waals surface area contributed by atoms with Gasteiger partial charge in [0.1, 0.15) is 28.7 Å². The van der Waals surface area contributed by atoms with Crippen molar-refractivity contribution in [1.29, 1.82) is 0 Å². The van der Waals surface area contributed by atoms with E-state index in [2.05, 4.69) is 33.9 Å². The fourth-order valence-electron chi connectivity index (χ4n) is 6.82. The number of carbonyl (C=O) groups excluding carboxylic acids is 1. The Morgan fingerprint density at radius 1 is 0.897 bits per heavy atom. The van der Waals surface area contributed by atoms with Crippen LogP contribution >= 0.6 is 0 Å². The van der Waals surface area contributed by atoms with Gasteiger partial charge in [-0.25, -0.2) is 24.1 Å². The Kier molecular flexibility index (Phi) is 12.9. The number of nitrogens with zero attached hydrogens (tertiary/aromatic N) is 8. The third-order valence-corrected chi connectivity index (χ3v) is 9.81. The highest BCUT2D eigenvalue weighted by molar-refractivity contribution is 5.75. The van der Waals surface area contributed by atoms with Gasteiger partial charge in [-0.05, 0) is 88.6 Å². The summed E-state index contributed by atoms with van der Waals surface area (Å²) < 4.78 is 36.4. The second kappa shape index (κ2) is 18.0. The number of carbonyl (C=O) groups is 1. The second-order valence-electron chi connectivity index (χ2n) is 15.3. The predicted octanol–water partition coefficient (Wildman–Crippen LogP) is 7.75. The van der Waals surface area contributed by atoms with Gasteiger partial charge in [0.2, 0.25) is 11.8 Å². The maximum Gasteiger partial charge on any atom is 0.410 e. The van der Waals surface area contributed by atoms with E-state index in [1.165, 1.54) is 19.4 Å². The number of halogens is 1. The number of pyridine rings is 2. The SMILES string of the molecule is COc1ccc(CN(Cc2ccc(OC)cc2)c2nc(C)nc(-c3cc(C(C)N4CCN(C(=O)OC(C)(C)C)CC4C)cnc3Nc3cnc(OC)c(F)c3)n2)cc1. The van der Waals surface area contributed by atoms with Crippen molar-refractivity contribution in [3.63, 3.8) is 0 Å². The molecule has 0 spiro atoms. The van der Waals surface area contributed by atoms with Gasteiger partial charge in [-0.3, -0.25) is 4.90 Å². The lowest BCUT2D eigenvalue weighted by molar-refractivity contribution is -0.000739. The van der Waals surface area contributed by atoms with Crippen molar-refractivity contribution in [2.75, 3.05) is 51.2 Å². The minimum absolute atomic E-state index is 0.0290. The molecule has 3 aromatic heterocycles. The topological polar surface area (TPSA) is 140 Å². The maximum absolute atomic E-state index is 14.8. The van der Waals surface area contributed by atoms with Crippen LogP contribution in [-0.2, 0) is 17.8 Å². The number of amides is 1. The minimum atomic E-state index is -0.621. The van der Waals surface area contributed by atoms with Gasteiger partial charge >= 0.3 is 6.09 Å². The molecule has 0 bridgehead atoms. The van der Waals surface area contributed by atoms with Crippen molar-refractivity contribution in [3.05, 3.63) is 101 Å². The van der Waals surface area contributed by atoms with Gasteiger partial charge in [0.25, 0.3) is 0 Å². The highest BCUT2D eigenvalue weighted by atomic mass is 19.1. The third-order valence-electron chi connectivity index (χ3n) is 9.81. The second-order valence-corrected chi connectivity index (χ2v) is 15.3. The standard InChI is InChI=1S/C43H52FN9O5/c1-27-24-51(42(54)58-43(4,5)6)18-19-53(27)28(2)32-20-36(38(45-22-32)49-33-21-37(44)40(57-9)46-23-33)39-47-29(3)48-41(50-39)52(25-30-10-14-34(55-7)15-11-30)26-31-12-16-35(56-8)17-13-31/h10-17,20-23,27-28H,18-19,24-26H2,1-9H3,(H,45,49). The lowest BCUT2D eigenvalue weighted by atomic mass is 10.0. The number of aromatic nitrogens is 5. The number of anilines is 3. The summed E-state index contributed by atoms with van der Waals surface area (Å²) in [6.45, 7) is 14.3. The molecule has 306 valence electrons. The Labute approximate surface area is 339 Å². The van der Waals surface area contributed by atoms with E-state index >= 15 is 0 Å². The maximum atomic E-state index is 14.8. The minimum Gasteiger partial charge on any atom is -0.497 e. The van der Waals surface area contributed by atoms with Gasteiger partial charge in [-0.1, -0.05) is 24.3 Å². The molecule has 6 rings (SSSR count). The van der Waals surface area contributed by atoms with Crippen molar-refractivity contribution in [1.82, 2.24) is 34.7 Å². The number of benzene rings is 2.